The first kappa shape index (κ1) is 35.9. The zero-order valence-electron chi connectivity index (χ0n) is 27.4. The van der Waals surface area contributed by atoms with E-state index in [1.54, 1.807) is 86.6 Å². The molecule has 0 aliphatic heterocycles. The largest absolute Gasteiger partial charge is 0.458 e. The number of carbonyl (C=O) groups excluding carboxylic acids is 4. The lowest BCUT2D eigenvalue weighted by molar-refractivity contribution is -0.159. The minimum Gasteiger partial charge on any atom is -0.458 e. The minimum absolute atomic E-state index is 0.102. The second kappa shape index (κ2) is 15.4. The van der Waals surface area contributed by atoms with Crippen molar-refractivity contribution in [2.24, 2.45) is 5.92 Å². The molecule has 3 atom stereocenters. The van der Waals surface area contributed by atoms with Gasteiger partial charge in [-0.05, 0) is 71.6 Å². The quantitative estimate of drug-likeness (QED) is 0.270. The van der Waals surface area contributed by atoms with Crippen molar-refractivity contribution in [1.82, 2.24) is 15.5 Å². The predicted molar refractivity (Wildman–Crippen MR) is 170 cm³/mol. The Balaban J connectivity index is 2.58. The Bertz CT molecular complexity index is 1330. The third-order valence-corrected chi connectivity index (χ3v) is 6.49. The van der Waals surface area contributed by atoms with E-state index in [9.17, 15) is 19.2 Å². The van der Waals surface area contributed by atoms with Crippen LogP contribution in [0.2, 0.25) is 0 Å². The molecule has 0 saturated carbocycles. The molecule has 9 nitrogen and oxygen atoms in total. The first-order chi connectivity index (χ1) is 20.5. The van der Waals surface area contributed by atoms with E-state index in [0.29, 0.717) is 11.1 Å². The summed E-state index contributed by atoms with van der Waals surface area (Å²) in [5.74, 6) is 0.532. The van der Waals surface area contributed by atoms with Crippen LogP contribution in [0.15, 0.2) is 54.6 Å². The first-order valence-corrected chi connectivity index (χ1v) is 14.9. The molecule has 2 N–H and O–H groups in total. The van der Waals surface area contributed by atoms with Crippen molar-refractivity contribution in [3.05, 3.63) is 71.3 Å². The van der Waals surface area contributed by atoms with E-state index in [0.717, 1.165) is 5.56 Å². The zero-order chi connectivity index (χ0) is 33.2. The summed E-state index contributed by atoms with van der Waals surface area (Å²) in [5.41, 5.74) is 0.0641. The SMILES string of the molecule is C#Cc1ccccc1C(C(=O)NC(Cc1ccccc1)C(=O)OC(C)(C)C)N(CC)C(=O)C(NC(=O)OC(C)(C)C)C(C)C. The van der Waals surface area contributed by atoms with E-state index in [-0.39, 0.29) is 18.9 Å². The van der Waals surface area contributed by atoms with Crippen LogP contribution in [0.4, 0.5) is 4.79 Å². The van der Waals surface area contributed by atoms with Gasteiger partial charge in [-0.2, -0.15) is 0 Å². The maximum absolute atomic E-state index is 14.3. The highest BCUT2D eigenvalue weighted by molar-refractivity contribution is 5.94. The number of rotatable bonds is 11. The third-order valence-electron chi connectivity index (χ3n) is 6.49. The molecule has 3 amide bonds. The lowest BCUT2D eigenvalue weighted by Crippen LogP contribution is -2.56. The number of alkyl carbamates (subject to hydrolysis) is 1. The van der Waals surface area contributed by atoms with Gasteiger partial charge in [0.2, 0.25) is 11.8 Å². The Morgan fingerprint density at radius 1 is 0.864 bits per heavy atom. The summed E-state index contributed by atoms with van der Waals surface area (Å²) in [4.78, 5) is 55.9. The van der Waals surface area contributed by atoms with Crippen LogP contribution in [0.25, 0.3) is 0 Å². The molecule has 2 aromatic carbocycles. The number of terminal acetylenes is 1. The Kier molecular flexibility index (Phi) is 12.6. The smallest absolute Gasteiger partial charge is 0.408 e. The van der Waals surface area contributed by atoms with Gasteiger partial charge in [0.15, 0.2) is 0 Å². The molecule has 0 aliphatic rings. The normalized spacial score (nSPS) is 13.6. The van der Waals surface area contributed by atoms with Gasteiger partial charge in [-0.3, -0.25) is 9.59 Å². The van der Waals surface area contributed by atoms with Gasteiger partial charge < -0.3 is 25.0 Å². The lowest BCUT2D eigenvalue weighted by atomic mass is 9.95. The standard InChI is InChI=1S/C35H47N3O6/c1-11-25-20-16-17-21-26(25)29(38(12-2)31(40)28(23(3)4)37-33(42)44-35(8,9)10)30(39)36-27(32(41)43-34(5,6)7)22-24-18-14-13-15-19-24/h1,13-21,23,27-29H,12,22H2,2-10H3,(H,36,39)(H,37,42). The van der Waals surface area contributed by atoms with E-state index < -0.39 is 53.2 Å². The molecule has 0 fully saturated rings. The van der Waals surface area contributed by atoms with Crippen LogP contribution < -0.4 is 10.6 Å². The molecular weight excluding hydrogens is 558 g/mol. The fraction of sp³-hybridized carbons (Fsp3) is 0.486. The van der Waals surface area contributed by atoms with Gasteiger partial charge in [0.1, 0.15) is 29.3 Å². The van der Waals surface area contributed by atoms with Gasteiger partial charge in [0.05, 0.1) is 0 Å². The second-order valence-electron chi connectivity index (χ2n) is 12.9. The average Bonchev–Trinajstić information content (AvgIpc) is 2.92. The van der Waals surface area contributed by atoms with E-state index >= 15 is 0 Å². The highest BCUT2D eigenvalue weighted by atomic mass is 16.6. The number of carbonyl (C=O) groups is 4. The highest BCUT2D eigenvalue weighted by Crippen LogP contribution is 2.27. The Labute approximate surface area is 262 Å². The van der Waals surface area contributed by atoms with Crippen LogP contribution in [-0.2, 0) is 30.3 Å². The van der Waals surface area contributed by atoms with Crippen molar-refractivity contribution < 1.29 is 28.7 Å². The lowest BCUT2D eigenvalue weighted by Gasteiger charge is -2.36. The molecule has 0 aliphatic carbocycles. The summed E-state index contributed by atoms with van der Waals surface area (Å²) in [6.45, 7) is 15.8. The highest BCUT2D eigenvalue weighted by Gasteiger charge is 2.39. The summed E-state index contributed by atoms with van der Waals surface area (Å²) in [6, 6.07) is 12.8. The van der Waals surface area contributed by atoms with Crippen molar-refractivity contribution in [1.29, 1.82) is 0 Å². The third kappa shape index (κ3) is 10.7. The van der Waals surface area contributed by atoms with Gasteiger partial charge in [0, 0.05) is 18.5 Å². The van der Waals surface area contributed by atoms with Gasteiger partial charge in [-0.25, -0.2) is 9.59 Å². The van der Waals surface area contributed by atoms with Crippen molar-refractivity contribution in [3.63, 3.8) is 0 Å². The number of ether oxygens (including phenoxy) is 2. The van der Waals surface area contributed by atoms with Crippen LogP contribution in [0.3, 0.4) is 0 Å². The number of benzene rings is 2. The Hall–Kier alpha value is -4.32. The fourth-order valence-electron chi connectivity index (χ4n) is 4.58. The maximum Gasteiger partial charge on any atom is 0.408 e. The number of hydrogen-bond acceptors (Lipinski definition) is 6. The van der Waals surface area contributed by atoms with Crippen LogP contribution in [0.1, 0.15) is 85.0 Å². The predicted octanol–water partition coefficient (Wildman–Crippen LogP) is 5.18. The van der Waals surface area contributed by atoms with Crippen LogP contribution in [0.5, 0.6) is 0 Å². The van der Waals surface area contributed by atoms with Gasteiger partial charge in [-0.1, -0.05) is 68.3 Å². The molecule has 0 bridgehead atoms. The molecule has 2 rings (SSSR count). The molecule has 0 radical (unpaired) electrons. The van der Waals surface area contributed by atoms with E-state index in [2.05, 4.69) is 16.6 Å². The molecule has 9 heteroatoms. The van der Waals surface area contributed by atoms with Gasteiger partial charge in [0.25, 0.3) is 0 Å². The molecule has 0 heterocycles. The molecule has 2 aromatic rings. The first-order valence-electron chi connectivity index (χ1n) is 14.9. The summed E-state index contributed by atoms with van der Waals surface area (Å²) in [6.07, 6.45) is 5.24. The molecule has 3 unspecified atom stereocenters. The number of esters is 1. The number of nitrogens with zero attached hydrogens (tertiary/aromatic N) is 1. The molecule has 44 heavy (non-hydrogen) atoms. The van der Waals surface area contributed by atoms with Crippen molar-refractivity contribution in [3.8, 4) is 12.3 Å². The molecule has 0 aromatic heterocycles. The van der Waals surface area contributed by atoms with Gasteiger partial charge in [-0.15, -0.1) is 6.42 Å². The topological polar surface area (TPSA) is 114 Å². The summed E-state index contributed by atoms with van der Waals surface area (Å²) in [5, 5.41) is 5.54. The minimum atomic E-state index is -1.22. The summed E-state index contributed by atoms with van der Waals surface area (Å²) < 4.78 is 11.1. The number of amides is 3. The van der Waals surface area contributed by atoms with Crippen LogP contribution >= 0.6 is 0 Å². The molecule has 0 spiro atoms. The second-order valence-corrected chi connectivity index (χ2v) is 12.9. The monoisotopic (exact) mass is 605 g/mol. The molecule has 238 valence electrons. The number of hydrogen-bond donors (Lipinski definition) is 2. The summed E-state index contributed by atoms with van der Waals surface area (Å²) in [7, 11) is 0. The van der Waals surface area contributed by atoms with Crippen molar-refractivity contribution in [2.45, 2.75) is 98.1 Å². The Morgan fingerprint density at radius 2 is 1.43 bits per heavy atom. The van der Waals surface area contributed by atoms with Crippen molar-refractivity contribution >= 4 is 23.9 Å². The van der Waals surface area contributed by atoms with Gasteiger partial charge >= 0.3 is 12.1 Å². The molecular formula is C35H47N3O6. The molecule has 0 saturated heterocycles. The average molecular weight is 606 g/mol. The summed E-state index contributed by atoms with van der Waals surface area (Å²) >= 11 is 0. The van der Waals surface area contributed by atoms with E-state index in [1.807, 2.05) is 30.3 Å². The zero-order valence-corrected chi connectivity index (χ0v) is 27.4. The Morgan fingerprint density at radius 3 is 1.95 bits per heavy atom. The van der Waals surface area contributed by atoms with E-state index in [4.69, 9.17) is 15.9 Å². The van der Waals surface area contributed by atoms with Crippen molar-refractivity contribution in [2.75, 3.05) is 6.54 Å². The maximum atomic E-state index is 14.3. The van der Waals surface area contributed by atoms with Crippen LogP contribution in [-0.4, -0.2) is 58.6 Å². The van der Waals surface area contributed by atoms with Crippen LogP contribution in [0, 0.1) is 18.3 Å². The fourth-order valence-corrected chi connectivity index (χ4v) is 4.58. The number of nitrogens with one attached hydrogen (secondary N) is 2. The number of likely N-dealkylation sites (N-methyl/N-ethyl adjacent to an activating group) is 1. The van der Waals surface area contributed by atoms with E-state index in [1.165, 1.54) is 4.90 Å².